The number of fused-ring (bicyclic) bond motifs is 1. The molecule has 134 valence electrons. The van der Waals surface area contributed by atoms with Crippen LogP contribution in [0.2, 0.25) is 0 Å². The molecule has 3 heterocycles. The van der Waals surface area contributed by atoms with E-state index in [9.17, 15) is 13.6 Å². The Morgan fingerprint density at radius 1 is 1.19 bits per heavy atom. The molecule has 1 aromatic carbocycles. The van der Waals surface area contributed by atoms with E-state index in [-0.39, 0.29) is 28.6 Å². The van der Waals surface area contributed by atoms with Gasteiger partial charge in [0, 0.05) is 42.0 Å². The number of aromatic nitrogens is 2. The first-order chi connectivity index (χ1) is 12.6. The minimum atomic E-state index is -0.578. The van der Waals surface area contributed by atoms with Crippen LogP contribution >= 0.6 is 0 Å². The number of nitrogens with zero attached hydrogens (tertiary/aromatic N) is 1. The van der Waals surface area contributed by atoms with E-state index in [2.05, 4.69) is 15.3 Å². The summed E-state index contributed by atoms with van der Waals surface area (Å²) in [4.78, 5) is 19.1. The van der Waals surface area contributed by atoms with Crippen LogP contribution < -0.4 is 5.32 Å². The summed E-state index contributed by atoms with van der Waals surface area (Å²) in [6, 6.07) is 5.92. The molecule has 1 amide bonds. The van der Waals surface area contributed by atoms with Crippen LogP contribution in [0.1, 0.15) is 23.2 Å². The molecule has 5 nitrogen and oxygen atoms in total. The fourth-order valence-corrected chi connectivity index (χ4v) is 3.19. The first-order valence-corrected chi connectivity index (χ1v) is 8.43. The van der Waals surface area contributed by atoms with Gasteiger partial charge in [0.2, 0.25) is 0 Å². The number of pyridine rings is 1. The summed E-state index contributed by atoms with van der Waals surface area (Å²) in [5.74, 6) is -1.39. The van der Waals surface area contributed by atoms with E-state index in [0.29, 0.717) is 24.3 Å². The summed E-state index contributed by atoms with van der Waals surface area (Å²) in [6.07, 6.45) is 4.13. The Bertz CT molecular complexity index is 965. The van der Waals surface area contributed by atoms with Gasteiger partial charge < -0.3 is 15.0 Å². The highest BCUT2D eigenvalue weighted by Crippen LogP contribution is 2.29. The molecule has 0 atom stereocenters. The van der Waals surface area contributed by atoms with Crippen LogP contribution in [-0.2, 0) is 4.74 Å². The predicted molar refractivity (Wildman–Crippen MR) is 92.8 cm³/mol. The van der Waals surface area contributed by atoms with Gasteiger partial charge in [0.15, 0.2) is 5.82 Å². The van der Waals surface area contributed by atoms with E-state index in [0.717, 1.165) is 19.0 Å². The van der Waals surface area contributed by atoms with Gasteiger partial charge in [-0.3, -0.25) is 9.78 Å². The molecule has 0 saturated carbocycles. The lowest BCUT2D eigenvalue weighted by molar-refractivity contribution is 0.0696. The maximum atomic E-state index is 14.7. The highest BCUT2D eigenvalue weighted by molar-refractivity contribution is 5.96. The average molecular weight is 357 g/mol. The number of carbonyl (C=O) groups is 1. The van der Waals surface area contributed by atoms with Gasteiger partial charge in [0.25, 0.3) is 5.91 Å². The zero-order chi connectivity index (χ0) is 18.1. The van der Waals surface area contributed by atoms with Crippen LogP contribution in [-0.4, -0.2) is 35.1 Å². The smallest absolute Gasteiger partial charge is 0.251 e. The SMILES string of the molecule is O=C(NC1CCOCC1)c1ccc(-c2ncc(F)c3[nH]ccc23)c(F)c1. The number of aromatic amines is 1. The monoisotopic (exact) mass is 357 g/mol. The van der Waals surface area contributed by atoms with Crippen LogP contribution in [0.15, 0.2) is 36.7 Å². The van der Waals surface area contributed by atoms with Crippen LogP contribution in [0.5, 0.6) is 0 Å². The molecule has 2 aromatic heterocycles. The highest BCUT2D eigenvalue weighted by Gasteiger charge is 2.19. The molecule has 0 aliphatic carbocycles. The molecule has 0 spiro atoms. The van der Waals surface area contributed by atoms with Crippen molar-refractivity contribution >= 4 is 16.8 Å². The van der Waals surface area contributed by atoms with Gasteiger partial charge in [-0.1, -0.05) is 0 Å². The van der Waals surface area contributed by atoms with Crippen molar-refractivity contribution in [1.29, 1.82) is 0 Å². The molecule has 1 aliphatic rings. The molecule has 7 heteroatoms. The van der Waals surface area contributed by atoms with Crippen molar-refractivity contribution in [3.8, 4) is 11.3 Å². The molecule has 0 unspecified atom stereocenters. The molecule has 26 heavy (non-hydrogen) atoms. The fraction of sp³-hybridized carbons (Fsp3) is 0.263. The van der Waals surface area contributed by atoms with E-state index >= 15 is 0 Å². The Morgan fingerprint density at radius 2 is 2.00 bits per heavy atom. The van der Waals surface area contributed by atoms with Gasteiger partial charge in [0.1, 0.15) is 5.82 Å². The summed E-state index contributed by atoms with van der Waals surface area (Å²) in [7, 11) is 0. The van der Waals surface area contributed by atoms with Crippen LogP contribution in [0.3, 0.4) is 0 Å². The molecule has 1 aliphatic heterocycles. The van der Waals surface area contributed by atoms with Gasteiger partial charge in [0.05, 0.1) is 17.4 Å². The van der Waals surface area contributed by atoms with Crippen molar-refractivity contribution in [3.63, 3.8) is 0 Å². The second kappa shape index (κ2) is 6.84. The molecule has 1 saturated heterocycles. The number of benzene rings is 1. The van der Waals surface area contributed by atoms with Crippen LogP contribution in [0, 0.1) is 11.6 Å². The third-order valence-electron chi connectivity index (χ3n) is 4.59. The van der Waals surface area contributed by atoms with E-state index in [1.807, 2.05) is 0 Å². The van der Waals surface area contributed by atoms with Gasteiger partial charge in [-0.2, -0.15) is 0 Å². The maximum absolute atomic E-state index is 14.7. The van der Waals surface area contributed by atoms with Crippen LogP contribution in [0.25, 0.3) is 22.2 Å². The van der Waals surface area contributed by atoms with Crippen molar-refractivity contribution in [2.75, 3.05) is 13.2 Å². The molecule has 0 bridgehead atoms. The Hall–Kier alpha value is -2.80. The fourth-order valence-electron chi connectivity index (χ4n) is 3.19. The number of hydrogen-bond donors (Lipinski definition) is 2. The second-order valence-corrected chi connectivity index (χ2v) is 6.28. The molecule has 1 fully saturated rings. The molecular formula is C19H17F2N3O2. The summed E-state index contributed by atoms with van der Waals surface area (Å²) in [5.41, 5.74) is 1.06. The van der Waals surface area contributed by atoms with Gasteiger partial charge in [-0.25, -0.2) is 8.78 Å². The first-order valence-electron chi connectivity index (χ1n) is 8.43. The lowest BCUT2D eigenvalue weighted by atomic mass is 10.0. The number of halogens is 2. The molecule has 4 rings (SSSR count). The molecule has 3 aromatic rings. The Balaban J connectivity index is 1.62. The number of carbonyl (C=O) groups excluding carboxylic acids is 1. The second-order valence-electron chi connectivity index (χ2n) is 6.28. The Morgan fingerprint density at radius 3 is 2.77 bits per heavy atom. The van der Waals surface area contributed by atoms with E-state index in [1.165, 1.54) is 12.1 Å². The summed E-state index contributed by atoms with van der Waals surface area (Å²) in [5, 5.41) is 3.39. The molecule has 2 N–H and O–H groups in total. The minimum absolute atomic E-state index is 0.0391. The van der Waals surface area contributed by atoms with Gasteiger partial charge in [-0.15, -0.1) is 0 Å². The molecular weight excluding hydrogens is 340 g/mol. The van der Waals surface area contributed by atoms with Crippen molar-refractivity contribution in [3.05, 3.63) is 53.9 Å². The van der Waals surface area contributed by atoms with E-state index < -0.39 is 11.6 Å². The number of ether oxygens (including phenoxy) is 1. The lowest BCUT2D eigenvalue weighted by Gasteiger charge is -2.23. The topological polar surface area (TPSA) is 67.0 Å². The van der Waals surface area contributed by atoms with Crippen molar-refractivity contribution < 1.29 is 18.3 Å². The summed E-state index contributed by atoms with van der Waals surface area (Å²) < 4.78 is 33.7. The molecule has 0 radical (unpaired) electrons. The number of rotatable bonds is 3. The van der Waals surface area contributed by atoms with E-state index in [4.69, 9.17) is 4.74 Å². The normalized spacial score (nSPS) is 15.3. The number of hydrogen-bond acceptors (Lipinski definition) is 3. The first kappa shape index (κ1) is 16.7. The third-order valence-corrected chi connectivity index (χ3v) is 4.59. The summed E-state index contributed by atoms with van der Waals surface area (Å²) >= 11 is 0. The minimum Gasteiger partial charge on any atom is -0.381 e. The number of H-pyrrole nitrogens is 1. The quantitative estimate of drug-likeness (QED) is 0.755. The van der Waals surface area contributed by atoms with E-state index in [1.54, 1.807) is 18.3 Å². The van der Waals surface area contributed by atoms with Crippen molar-refractivity contribution in [2.45, 2.75) is 18.9 Å². The summed E-state index contributed by atoms with van der Waals surface area (Å²) in [6.45, 7) is 1.22. The number of nitrogens with one attached hydrogen (secondary N) is 2. The Kier molecular flexibility index (Phi) is 4.38. The largest absolute Gasteiger partial charge is 0.381 e. The Labute approximate surface area is 148 Å². The van der Waals surface area contributed by atoms with Crippen molar-refractivity contribution in [1.82, 2.24) is 15.3 Å². The maximum Gasteiger partial charge on any atom is 0.251 e. The standard InChI is InChI=1S/C19H17F2N3O2/c20-15-9-11(19(25)24-12-4-7-26-8-5-12)1-2-13(15)17-14-3-6-22-18(14)16(21)10-23-17/h1-3,6,9-10,12,22H,4-5,7-8H2,(H,24,25). The van der Waals surface area contributed by atoms with Gasteiger partial charge in [-0.05, 0) is 37.1 Å². The van der Waals surface area contributed by atoms with Crippen LogP contribution in [0.4, 0.5) is 8.78 Å². The zero-order valence-electron chi connectivity index (χ0n) is 13.9. The zero-order valence-corrected chi connectivity index (χ0v) is 13.9. The predicted octanol–water partition coefficient (Wildman–Crippen LogP) is 3.42. The van der Waals surface area contributed by atoms with Crippen molar-refractivity contribution in [2.24, 2.45) is 0 Å². The third kappa shape index (κ3) is 3.06. The number of amides is 1. The van der Waals surface area contributed by atoms with Gasteiger partial charge >= 0.3 is 0 Å². The average Bonchev–Trinajstić information content (AvgIpc) is 3.14. The lowest BCUT2D eigenvalue weighted by Crippen LogP contribution is -2.38. The highest BCUT2D eigenvalue weighted by atomic mass is 19.1.